The molecular formula is C9H21N3O4S2. The molecular weight excluding hydrogens is 278 g/mol. The molecule has 7 nitrogen and oxygen atoms in total. The van der Waals surface area contributed by atoms with Crippen LogP contribution >= 0.6 is 0 Å². The molecule has 0 saturated carbocycles. The maximum absolute atomic E-state index is 11.9. The van der Waals surface area contributed by atoms with E-state index in [0.29, 0.717) is 13.1 Å². The zero-order chi connectivity index (χ0) is 13.8. The summed E-state index contributed by atoms with van der Waals surface area (Å²) in [6.45, 7) is 0.991. The van der Waals surface area contributed by atoms with Gasteiger partial charge < -0.3 is 0 Å². The molecule has 1 aliphatic heterocycles. The first-order valence-electron chi connectivity index (χ1n) is 5.91. The lowest BCUT2D eigenvalue weighted by atomic mass is 10.2. The summed E-state index contributed by atoms with van der Waals surface area (Å²) >= 11 is 0. The van der Waals surface area contributed by atoms with E-state index in [4.69, 9.17) is 0 Å². The smallest absolute Gasteiger partial charge is 0.212 e. The minimum absolute atomic E-state index is 0.0979. The highest BCUT2D eigenvalue weighted by Gasteiger charge is 2.24. The molecule has 0 aliphatic carbocycles. The summed E-state index contributed by atoms with van der Waals surface area (Å²) in [6.07, 6.45) is 2.81. The van der Waals surface area contributed by atoms with Gasteiger partial charge >= 0.3 is 0 Å². The molecule has 1 saturated heterocycles. The average Bonchev–Trinajstić information content (AvgIpc) is 2.29. The fourth-order valence-electron chi connectivity index (χ4n) is 1.70. The van der Waals surface area contributed by atoms with Crippen molar-refractivity contribution in [1.29, 1.82) is 0 Å². The lowest BCUT2D eigenvalue weighted by molar-refractivity contribution is 0.346. The average molecular weight is 299 g/mol. The SMILES string of the molecule is CN(C)S(=O)(=O)NCCS(=O)(=O)N1CCCCC1. The van der Waals surface area contributed by atoms with Gasteiger partial charge in [-0.2, -0.15) is 12.7 Å². The van der Waals surface area contributed by atoms with E-state index in [2.05, 4.69) is 4.72 Å². The maximum atomic E-state index is 11.9. The molecule has 1 rings (SSSR count). The Balaban J connectivity index is 2.47. The van der Waals surface area contributed by atoms with Crippen molar-refractivity contribution >= 4 is 20.2 Å². The van der Waals surface area contributed by atoms with Crippen molar-refractivity contribution in [2.75, 3.05) is 39.5 Å². The summed E-state index contributed by atoms with van der Waals surface area (Å²) in [5.41, 5.74) is 0. The van der Waals surface area contributed by atoms with Crippen LogP contribution in [0.4, 0.5) is 0 Å². The van der Waals surface area contributed by atoms with E-state index in [1.165, 1.54) is 18.4 Å². The molecule has 0 aromatic heterocycles. The van der Waals surface area contributed by atoms with E-state index in [1.54, 1.807) is 0 Å². The van der Waals surface area contributed by atoms with Gasteiger partial charge in [0.15, 0.2) is 0 Å². The summed E-state index contributed by atoms with van der Waals surface area (Å²) in [6, 6.07) is 0. The molecule has 1 fully saturated rings. The molecule has 0 aromatic carbocycles. The maximum Gasteiger partial charge on any atom is 0.278 e. The van der Waals surface area contributed by atoms with E-state index in [0.717, 1.165) is 23.6 Å². The van der Waals surface area contributed by atoms with Crippen molar-refractivity contribution in [3.63, 3.8) is 0 Å². The Bertz CT molecular complexity index is 452. The Morgan fingerprint density at radius 1 is 1.06 bits per heavy atom. The van der Waals surface area contributed by atoms with Crippen LogP contribution in [0.3, 0.4) is 0 Å². The van der Waals surface area contributed by atoms with Gasteiger partial charge in [0, 0.05) is 33.7 Å². The predicted molar refractivity (Wildman–Crippen MR) is 69.8 cm³/mol. The van der Waals surface area contributed by atoms with Crippen LogP contribution in [-0.2, 0) is 20.2 Å². The fraction of sp³-hybridized carbons (Fsp3) is 1.00. The Morgan fingerprint density at radius 3 is 2.11 bits per heavy atom. The molecule has 0 radical (unpaired) electrons. The van der Waals surface area contributed by atoms with Gasteiger partial charge in [0.25, 0.3) is 10.2 Å². The van der Waals surface area contributed by atoms with E-state index in [9.17, 15) is 16.8 Å². The summed E-state index contributed by atoms with van der Waals surface area (Å²) < 4.78 is 51.3. The third kappa shape index (κ3) is 4.47. The second-order valence-electron chi connectivity index (χ2n) is 4.46. The van der Waals surface area contributed by atoms with Gasteiger partial charge in [0.1, 0.15) is 0 Å². The van der Waals surface area contributed by atoms with Crippen LogP contribution in [0, 0.1) is 0 Å². The summed E-state index contributed by atoms with van der Waals surface area (Å²) in [5, 5.41) is 0. The molecule has 108 valence electrons. The standard InChI is InChI=1S/C9H21N3O4S2/c1-11(2)18(15,16)10-6-9-17(13,14)12-7-4-3-5-8-12/h10H,3-9H2,1-2H3. The molecule has 1 heterocycles. The third-order valence-electron chi connectivity index (χ3n) is 2.83. The molecule has 1 aliphatic rings. The predicted octanol–water partition coefficient (Wildman–Crippen LogP) is -0.802. The zero-order valence-corrected chi connectivity index (χ0v) is 12.4. The van der Waals surface area contributed by atoms with Crippen molar-refractivity contribution in [2.24, 2.45) is 0 Å². The Labute approximate surface area is 109 Å². The van der Waals surface area contributed by atoms with Gasteiger partial charge in [-0.15, -0.1) is 0 Å². The number of piperidine rings is 1. The van der Waals surface area contributed by atoms with Crippen molar-refractivity contribution in [3.8, 4) is 0 Å². The first-order chi connectivity index (χ1) is 8.26. The summed E-state index contributed by atoms with van der Waals surface area (Å²) in [4.78, 5) is 0. The van der Waals surface area contributed by atoms with E-state index < -0.39 is 20.2 Å². The lowest BCUT2D eigenvalue weighted by Crippen LogP contribution is -2.42. The quantitative estimate of drug-likeness (QED) is 0.695. The second kappa shape index (κ2) is 6.29. The van der Waals surface area contributed by atoms with Gasteiger partial charge in [-0.05, 0) is 12.8 Å². The van der Waals surface area contributed by atoms with Crippen LogP contribution in [0.5, 0.6) is 0 Å². The highest BCUT2D eigenvalue weighted by molar-refractivity contribution is 7.89. The van der Waals surface area contributed by atoms with Crippen LogP contribution in [0.25, 0.3) is 0 Å². The first-order valence-corrected chi connectivity index (χ1v) is 8.95. The van der Waals surface area contributed by atoms with Gasteiger partial charge in [-0.1, -0.05) is 6.42 Å². The monoisotopic (exact) mass is 299 g/mol. The van der Waals surface area contributed by atoms with Crippen LogP contribution in [-0.4, -0.2) is 64.9 Å². The highest BCUT2D eigenvalue weighted by Crippen LogP contribution is 2.13. The van der Waals surface area contributed by atoms with E-state index >= 15 is 0 Å². The van der Waals surface area contributed by atoms with Crippen LogP contribution < -0.4 is 4.72 Å². The number of rotatable bonds is 6. The number of sulfonamides is 1. The summed E-state index contributed by atoms with van der Waals surface area (Å²) in [5.74, 6) is -0.194. The topological polar surface area (TPSA) is 86.8 Å². The third-order valence-corrected chi connectivity index (χ3v) is 6.24. The van der Waals surface area contributed by atoms with Crippen molar-refractivity contribution in [1.82, 2.24) is 13.3 Å². The second-order valence-corrected chi connectivity index (χ2v) is 8.52. The van der Waals surface area contributed by atoms with Gasteiger partial charge in [0.05, 0.1) is 5.75 Å². The van der Waals surface area contributed by atoms with Crippen molar-refractivity contribution in [3.05, 3.63) is 0 Å². The molecule has 0 aromatic rings. The number of nitrogens with zero attached hydrogens (tertiary/aromatic N) is 2. The highest BCUT2D eigenvalue weighted by atomic mass is 32.2. The van der Waals surface area contributed by atoms with Crippen molar-refractivity contribution in [2.45, 2.75) is 19.3 Å². The fourth-order valence-corrected chi connectivity index (χ4v) is 3.88. The molecule has 18 heavy (non-hydrogen) atoms. The van der Waals surface area contributed by atoms with E-state index in [-0.39, 0.29) is 12.3 Å². The zero-order valence-electron chi connectivity index (χ0n) is 10.8. The number of hydrogen-bond acceptors (Lipinski definition) is 4. The Hall–Kier alpha value is -0.220. The molecule has 9 heteroatoms. The minimum atomic E-state index is -3.55. The minimum Gasteiger partial charge on any atom is -0.212 e. The first kappa shape index (κ1) is 15.8. The molecule has 1 N–H and O–H groups in total. The summed E-state index contributed by atoms with van der Waals surface area (Å²) in [7, 11) is -4.11. The van der Waals surface area contributed by atoms with Gasteiger partial charge in [0.2, 0.25) is 10.0 Å². The van der Waals surface area contributed by atoms with Gasteiger partial charge in [-0.25, -0.2) is 17.4 Å². The van der Waals surface area contributed by atoms with E-state index in [1.807, 2.05) is 0 Å². The normalized spacial score (nSPS) is 19.3. The van der Waals surface area contributed by atoms with Crippen LogP contribution in [0.1, 0.15) is 19.3 Å². The lowest BCUT2D eigenvalue weighted by Gasteiger charge is -2.25. The van der Waals surface area contributed by atoms with Crippen LogP contribution in [0.15, 0.2) is 0 Å². The largest absolute Gasteiger partial charge is 0.278 e. The van der Waals surface area contributed by atoms with Crippen molar-refractivity contribution < 1.29 is 16.8 Å². The molecule has 0 unspecified atom stereocenters. The van der Waals surface area contributed by atoms with Gasteiger partial charge in [-0.3, -0.25) is 0 Å². The number of hydrogen-bond donors (Lipinski definition) is 1. The molecule has 0 spiro atoms. The number of nitrogens with one attached hydrogen (secondary N) is 1. The molecule has 0 amide bonds. The molecule has 0 bridgehead atoms. The Morgan fingerprint density at radius 2 is 1.61 bits per heavy atom. The molecule has 0 atom stereocenters. The van der Waals surface area contributed by atoms with Crippen LogP contribution in [0.2, 0.25) is 0 Å². The Kier molecular flexibility index (Phi) is 5.53.